The summed E-state index contributed by atoms with van der Waals surface area (Å²) in [7, 11) is 7.08. The van der Waals surface area contributed by atoms with Gasteiger partial charge in [0.05, 0.1) is 29.8 Å². The van der Waals surface area contributed by atoms with E-state index in [4.69, 9.17) is 14.7 Å². The predicted octanol–water partition coefficient (Wildman–Crippen LogP) is 8.92. The van der Waals surface area contributed by atoms with Gasteiger partial charge in [-0.15, -0.1) is 0 Å². The zero-order valence-electron chi connectivity index (χ0n) is 47.7. The first-order valence-corrected chi connectivity index (χ1v) is 29.0. The van der Waals surface area contributed by atoms with Crippen LogP contribution in [0, 0.1) is 0 Å². The fourth-order valence-electron chi connectivity index (χ4n) is 12.7. The van der Waals surface area contributed by atoms with Crippen molar-refractivity contribution in [1.82, 2.24) is 59.1 Å². The molecule has 6 aromatic rings. The van der Waals surface area contributed by atoms with Crippen LogP contribution in [0.15, 0.2) is 61.2 Å². The van der Waals surface area contributed by atoms with Crippen LogP contribution >= 0.6 is 0 Å². The van der Waals surface area contributed by atoms with E-state index in [1.807, 2.05) is 56.0 Å². The lowest BCUT2D eigenvalue weighted by molar-refractivity contribution is -0.119. The van der Waals surface area contributed by atoms with Crippen LogP contribution in [0.1, 0.15) is 157 Å². The third-order valence-corrected chi connectivity index (χ3v) is 16.7. The number of nitrogens with zero attached hydrogens (tertiary/aromatic N) is 13. The number of rotatable bonds is 10. The Morgan fingerprint density at radius 2 is 1.05 bits per heavy atom. The normalized spacial score (nSPS) is 21.6. The average molecular weight is 1110 g/mol. The molecule has 6 aliphatic rings. The molecule has 4 atom stereocenters. The van der Waals surface area contributed by atoms with Gasteiger partial charge in [-0.3, -0.25) is 24.1 Å². The molecule has 4 unspecified atom stereocenters. The van der Waals surface area contributed by atoms with Gasteiger partial charge < -0.3 is 49.4 Å². The van der Waals surface area contributed by atoms with Crippen molar-refractivity contribution in [3.05, 3.63) is 72.6 Å². The molecule has 22 heteroatoms. The van der Waals surface area contributed by atoms with E-state index in [0.717, 1.165) is 105 Å². The lowest BCUT2D eigenvalue weighted by Crippen LogP contribution is -2.45. The van der Waals surface area contributed by atoms with Crippen LogP contribution in [0.2, 0.25) is 0 Å². The van der Waals surface area contributed by atoms with Crippen LogP contribution in [0.5, 0.6) is 0 Å². The minimum absolute atomic E-state index is 0.0261. The van der Waals surface area contributed by atoms with Crippen LogP contribution in [-0.4, -0.2) is 155 Å². The van der Waals surface area contributed by atoms with E-state index in [1.165, 1.54) is 12.8 Å². The lowest BCUT2D eigenvalue weighted by Gasteiger charge is -2.31. The van der Waals surface area contributed by atoms with Gasteiger partial charge in [-0.2, -0.15) is 9.97 Å². The molecule has 81 heavy (non-hydrogen) atoms. The monoisotopic (exact) mass is 1100 g/mol. The number of anilines is 6. The van der Waals surface area contributed by atoms with Crippen molar-refractivity contribution in [3.8, 4) is 0 Å². The summed E-state index contributed by atoms with van der Waals surface area (Å²) >= 11 is 0. The fourth-order valence-corrected chi connectivity index (χ4v) is 12.7. The molecule has 6 aromatic heterocycles. The molecule has 12 rings (SSSR count). The number of pyridine rings is 2. The molecule has 4 bridgehead atoms. The number of nitrogens with one attached hydrogen (secondary N) is 3. The molecule has 3 N–H and O–H groups in total. The maximum atomic E-state index is 13.3. The molecule has 5 amide bonds. The first-order valence-electron chi connectivity index (χ1n) is 29.0. The molecule has 6 fully saturated rings. The Balaban J connectivity index is 0.000000173. The van der Waals surface area contributed by atoms with Gasteiger partial charge in [0.1, 0.15) is 39.9 Å². The van der Waals surface area contributed by atoms with Gasteiger partial charge in [0.15, 0.2) is 0 Å². The summed E-state index contributed by atoms with van der Waals surface area (Å²) in [5, 5.41) is 11.6. The maximum Gasteiger partial charge on any atom is 0.410 e. The van der Waals surface area contributed by atoms with Crippen molar-refractivity contribution in [2.75, 3.05) is 61.7 Å². The summed E-state index contributed by atoms with van der Waals surface area (Å²) in [5.41, 5.74) is 3.67. The second-order valence-corrected chi connectivity index (χ2v) is 24.1. The topological polar surface area (TPSA) is 234 Å². The number of carbonyl (C=O) groups excluding carboxylic acids is 5. The number of hydrogen-bond donors (Lipinski definition) is 3. The minimum Gasteiger partial charge on any atom is -0.444 e. The van der Waals surface area contributed by atoms with E-state index < -0.39 is 5.60 Å². The number of aromatic nitrogens is 8. The van der Waals surface area contributed by atoms with Crippen LogP contribution in [0.3, 0.4) is 0 Å². The number of carbonyl (C=O) groups is 5. The molecule has 0 radical (unpaired) electrons. The van der Waals surface area contributed by atoms with E-state index in [0.29, 0.717) is 72.2 Å². The highest BCUT2D eigenvalue weighted by Gasteiger charge is 2.45. The standard InChI is InChI=1S/C32H42N8O4.C27H34N8O2/c1-32(2,3)44-31(43)39-22-11-12-24(39)19-38(27(41)16-22)23-13-14-26(33-18-23)35-30-34-17-20-15-25(29(42)37(4)5)40(28(20)36-30)21-9-7-6-8-10-21;1-33(2)26(37)22-12-17-14-29-27(32-25(17)35(22)20-6-4-3-5-7-20)31-23-11-10-21(15-28-23)34-16-19-9-8-18(30-19)13-24(34)36/h13-15,17-18,21-22,24H,6-12,16,19H2,1-5H3,(H,33,34,35,36);10-12,14-15,18-20,30H,3-9,13,16H2,1-2H3,(H,28,29,31,32). The predicted molar refractivity (Wildman–Crippen MR) is 309 cm³/mol. The Morgan fingerprint density at radius 1 is 0.568 bits per heavy atom. The summed E-state index contributed by atoms with van der Waals surface area (Å²) < 4.78 is 9.87. The second kappa shape index (κ2) is 23.0. The van der Waals surface area contributed by atoms with Gasteiger partial charge in [0.25, 0.3) is 11.8 Å². The zero-order valence-corrected chi connectivity index (χ0v) is 47.7. The summed E-state index contributed by atoms with van der Waals surface area (Å²) in [6.07, 6.45) is 22.3. The molecule has 2 saturated carbocycles. The number of amides is 5. The van der Waals surface area contributed by atoms with Crippen molar-refractivity contribution in [2.24, 2.45) is 0 Å². The Bertz CT molecular complexity index is 3300. The molecule has 10 heterocycles. The molecule has 0 spiro atoms. The first kappa shape index (κ1) is 55.2. The Morgan fingerprint density at radius 3 is 1.53 bits per heavy atom. The summed E-state index contributed by atoms with van der Waals surface area (Å²) in [6, 6.07) is 12.1. The molecule has 0 aromatic carbocycles. The largest absolute Gasteiger partial charge is 0.444 e. The Labute approximate surface area is 472 Å². The van der Waals surface area contributed by atoms with E-state index in [-0.39, 0.29) is 60.3 Å². The highest BCUT2D eigenvalue weighted by Crippen LogP contribution is 2.38. The Hall–Kier alpha value is -7.75. The first-order chi connectivity index (χ1) is 38.9. The molecule has 428 valence electrons. The van der Waals surface area contributed by atoms with Crippen LogP contribution in [0.25, 0.3) is 22.1 Å². The van der Waals surface area contributed by atoms with E-state index in [9.17, 15) is 24.0 Å². The highest BCUT2D eigenvalue weighted by atomic mass is 16.6. The molecule has 2 aliphatic carbocycles. The van der Waals surface area contributed by atoms with E-state index >= 15 is 0 Å². The second-order valence-electron chi connectivity index (χ2n) is 24.1. The van der Waals surface area contributed by atoms with Crippen molar-refractivity contribution < 1.29 is 28.7 Å². The average Bonchev–Trinajstić information content (AvgIpc) is 4.44. The SMILES string of the molecule is CN(C)C(=O)c1cc2cnc(Nc3ccc(N4CC5CCC(CC4=O)N5)cn3)nc2n1C1CCCCC1.CN(C)C(=O)c1cc2cnc(Nc3ccc(N4CC5CCC(CC4=O)N5C(=O)OC(C)(C)C)cn3)nc2n1C1CCCCC1. The summed E-state index contributed by atoms with van der Waals surface area (Å²) in [5.74, 6) is 1.98. The zero-order chi connectivity index (χ0) is 56.7. The smallest absolute Gasteiger partial charge is 0.410 e. The molecular formula is C59H76N16O6. The van der Waals surface area contributed by atoms with Crippen LogP contribution < -0.4 is 25.8 Å². The van der Waals surface area contributed by atoms with Gasteiger partial charge >= 0.3 is 6.09 Å². The third-order valence-electron chi connectivity index (χ3n) is 16.7. The maximum absolute atomic E-state index is 13.3. The molecular weight excluding hydrogens is 1030 g/mol. The number of ether oxygens (including phenoxy) is 1. The third kappa shape index (κ3) is 11.9. The van der Waals surface area contributed by atoms with Crippen molar-refractivity contribution >= 4 is 86.7 Å². The summed E-state index contributed by atoms with van der Waals surface area (Å²) in [6.45, 7) is 6.63. The van der Waals surface area contributed by atoms with E-state index in [1.54, 1.807) is 78.6 Å². The van der Waals surface area contributed by atoms with Crippen molar-refractivity contribution in [3.63, 3.8) is 0 Å². The fraction of sp³-hybridized carbons (Fsp3) is 0.542. The van der Waals surface area contributed by atoms with Gasteiger partial charge in [-0.1, -0.05) is 38.5 Å². The molecule has 4 saturated heterocycles. The van der Waals surface area contributed by atoms with Crippen molar-refractivity contribution in [2.45, 2.75) is 165 Å². The van der Waals surface area contributed by atoms with E-state index in [2.05, 4.69) is 45.0 Å². The van der Waals surface area contributed by atoms with Gasteiger partial charge in [-0.25, -0.2) is 24.7 Å². The quantitative estimate of drug-likeness (QED) is 0.116. The molecule has 4 aliphatic heterocycles. The van der Waals surface area contributed by atoms with Gasteiger partial charge in [0.2, 0.25) is 23.7 Å². The molecule has 22 nitrogen and oxygen atoms in total. The van der Waals surface area contributed by atoms with Gasteiger partial charge in [-0.05, 0) is 109 Å². The summed E-state index contributed by atoms with van der Waals surface area (Å²) in [4.78, 5) is 101. The highest BCUT2D eigenvalue weighted by molar-refractivity contribution is 5.99. The minimum atomic E-state index is -0.599. The van der Waals surface area contributed by atoms with Crippen LogP contribution in [-0.2, 0) is 14.3 Å². The number of fused-ring (bicyclic) bond motifs is 6. The van der Waals surface area contributed by atoms with Crippen molar-refractivity contribution in [1.29, 1.82) is 0 Å². The Kier molecular flexibility index (Phi) is 15.7. The van der Waals surface area contributed by atoms with Crippen LogP contribution in [0.4, 0.5) is 39.7 Å². The number of hydrogen-bond acceptors (Lipinski definition) is 15. The lowest BCUT2D eigenvalue weighted by atomic mass is 9.95. The van der Waals surface area contributed by atoms with Gasteiger partial charge in [0, 0.05) is 107 Å².